The molecule has 2 aliphatic rings. The van der Waals surface area contributed by atoms with Crippen LogP contribution in [-0.4, -0.2) is 49.2 Å². The Labute approximate surface area is 211 Å². The zero-order valence-corrected chi connectivity index (χ0v) is 21.3. The van der Waals surface area contributed by atoms with Gasteiger partial charge in [0.2, 0.25) is 0 Å². The third-order valence-electron chi connectivity index (χ3n) is 7.60. The first kappa shape index (κ1) is 25.3. The summed E-state index contributed by atoms with van der Waals surface area (Å²) < 4.78 is 0. The van der Waals surface area contributed by atoms with Gasteiger partial charge in [-0.15, -0.1) is 0 Å². The molecule has 0 spiro atoms. The molecule has 0 bridgehead atoms. The highest BCUT2D eigenvalue weighted by molar-refractivity contribution is 5.66. The van der Waals surface area contributed by atoms with Crippen molar-refractivity contribution in [2.45, 2.75) is 51.9 Å². The molecule has 5 nitrogen and oxygen atoms in total. The van der Waals surface area contributed by atoms with Gasteiger partial charge in [0.1, 0.15) is 5.82 Å². The van der Waals surface area contributed by atoms with E-state index in [-0.39, 0.29) is 5.92 Å². The molecule has 2 aromatic rings. The fourth-order valence-corrected chi connectivity index (χ4v) is 5.36. The summed E-state index contributed by atoms with van der Waals surface area (Å²) in [5.41, 5.74) is 3.89. The smallest absolute Gasteiger partial charge is 0.129 e. The van der Waals surface area contributed by atoms with Gasteiger partial charge in [-0.3, -0.25) is 0 Å². The molecule has 0 atom stereocenters. The van der Waals surface area contributed by atoms with E-state index in [0.29, 0.717) is 0 Å². The van der Waals surface area contributed by atoms with Crippen LogP contribution in [0.1, 0.15) is 56.6 Å². The maximum absolute atomic E-state index is 9.18. The summed E-state index contributed by atoms with van der Waals surface area (Å²) in [4.78, 5) is 9.57. The Kier molecular flexibility index (Phi) is 9.60. The van der Waals surface area contributed by atoms with Crippen molar-refractivity contribution in [2.24, 2.45) is 11.8 Å². The SMILES string of the molecule is CC/C=C(\NCCN1CCC(CCc2ccccc2)CC1)c1ccnc(N2CCC(C#N)CC2)c1. The highest BCUT2D eigenvalue weighted by atomic mass is 15.2. The van der Waals surface area contributed by atoms with Crippen LogP contribution in [0.15, 0.2) is 54.7 Å². The number of anilines is 1. The van der Waals surface area contributed by atoms with Crippen molar-refractivity contribution < 1.29 is 0 Å². The van der Waals surface area contributed by atoms with Crippen LogP contribution in [0.25, 0.3) is 5.70 Å². The average Bonchev–Trinajstić information content (AvgIpc) is 2.93. The number of piperidine rings is 2. The Bertz CT molecular complexity index is 964. The second-order valence-electron chi connectivity index (χ2n) is 10.1. The van der Waals surface area contributed by atoms with Gasteiger partial charge in [0.25, 0.3) is 0 Å². The summed E-state index contributed by atoms with van der Waals surface area (Å²) in [5.74, 6) is 2.09. The fourth-order valence-electron chi connectivity index (χ4n) is 5.36. The molecule has 35 heavy (non-hydrogen) atoms. The molecule has 4 rings (SSSR count). The summed E-state index contributed by atoms with van der Waals surface area (Å²) in [6.45, 7) is 8.50. The number of pyridine rings is 1. The van der Waals surface area contributed by atoms with Gasteiger partial charge in [0, 0.05) is 49.6 Å². The van der Waals surface area contributed by atoms with E-state index < -0.39 is 0 Å². The number of benzene rings is 1. The molecule has 1 aromatic heterocycles. The number of allylic oxidation sites excluding steroid dienone is 1. The standard InChI is InChI=1S/C30H41N5/c1-2-6-29(28-11-16-33-30(23-28)35-20-14-27(24-31)15-21-35)32-17-22-34-18-12-26(13-19-34)10-9-25-7-4-3-5-8-25/h3-8,11,16,23,26-27,32H,2,9-10,12-15,17-22H2,1H3/b29-6-. The Morgan fingerprint density at radius 3 is 2.57 bits per heavy atom. The molecular formula is C30H41N5. The normalized spacial score (nSPS) is 18.4. The van der Waals surface area contributed by atoms with Crippen LogP contribution in [-0.2, 0) is 6.42 Å². The predicted octanol–water partition coefficient (Wildman–Crippen LogP) is 5.51. The number of nitrogens with zero attached hydrogens (tertiary/aromatic N) is 4. The Hall–Kier alpha value is -2.84. The van der Waals surface area contributed by atoms with Crippen LogP contribution in [0.4, 0.5) is 5.82 Å². The van der Waals surface area contributed by atoms with E-state index in [1.165, 1.54) is 55.6 Å². The third kappa shape index (κ3) is 7.57. The molecule has 2 saturated heterocycles. The van der Waals surface area contributed by atoms with Gasteiger partial charge in [-0.1, -0.05) is 43.3 Å². The lowest BCUT2D eigenvalue weighted by atomic mass is 9.90. The van der Waals surface area contributed by atoms with Crippen LogP contribution in [0.5, 0.6) is 0 Å². The second kappa shape index (κ2) is 13.3. The zero-order valence-electron chi connectivity index (χ0n) is 21.3. The number of nitrogens with one attached hydrogen (secondary N) is 1. The molecular weight excluding hydrogens is 430 g/mol. The number of aryl methyl sites for hydroxylation is 1. The van der Waals surface area contributed by atoms with Crippen LogP contribution in [0, 0.1) is 23.2 Å². The maximum atomic E-state index is 9.18. The highest BCUT2D eigenvalue weighted by Crippen LogP contribution is 2.25. The van der Waals surface area contributed by atoms with Gasteiger partial charge in [0.05, 0.1) is 6.07 Å². The first-order valence-corrected chi connectivity index (χ1v) is 13.6. The molecule has 0 saturated carbocycles. The van der Waals surface area contributed by atoms with Gasteiger partial charge in [0.15, 0.2) is 0 Å². The minimum absolute atomic E-state index is 0.195. The van der Waals surface area contributed by atoms with Gasteiger partial charge in [-0.05, 0) is 81.6 Å². The number of hydrogen-bond donors (Lipinski definition) is 1. The Balaban J connectivity index is 1.22. The highest BCUT2D eigenvalue weighted by Gasteiger charge is 2.21. The summed E-state index contributed by atoms with van der Waals surface area (Å²) >= 11 is 0. The van der Waals surface area contributed by atoms with Crippen molar-refractivity contribution in [2.75, 3.05) is 44.2 Å². The van der Waals surface area contributed by atoms with Crippen LogP contribution < -0.4 is 10.2 Å². The van der Waals surface area contributed by atoms with E-state index in [4.69, 9.17) is 0 Å². The van der Waals surface area contributed by atoms with Gasteiger partial charge in [-0.25, -0.2) is 4.98 Å². The van der Waals surface area contributed by atoms with Gasteiger partial charge in [-0.2, -0.15) is 5.26 Å². The fraction of sp³-hybridized carbons (Fsp3) is 0.533. The van der Waals surface area contributed by atoms with E-state index in [0.717, 1.165) is 57.2 Å². The third-order valence-corrected chi connectivity index (χ3v) is 7.60. The largest absolute Gasteiger partial charge is 0.384 e. The van der Waals surface area contributed by atoms with Crippen molar-refractivity contribution >= 4 is 11.5 Å². The molecule has 0 unspecified atom stereocenters. The van der Waals surface area contributed by atoms with E-state index in [1.54, 1.807) is 0 Å². The molecule has 0 amide bonds. The van der Waals surface area contributed by atoms with Gasteiger partial charge >= 0.3 is 0 Å². The molecule has 0 radical (unpaired) electrons. The summed E-state index contributed by atoms with van der Waals surface area (Å²) in [7, 11) is 0. The van der Waals surface area contributed by atoms with Crippen LogP contribution >= 0.6 is 0 Å². The maximum Gasteiger partial charge on any atom is 0.129 e. The van der Waals surface area contributed by atoms with Crippen molar-refractivity contribution in [3.05, 3.63) is 65.9 Å². The molecule has 1 N–H and O–H groups in total. The van der Waals surface area contributed by atoms with Crippen molar-refractivity contribution in [1.82, 2.24) is 15.2 Å². The average molecular weight is 472 g/mol. The lowest BCUT2D eigenvalue weighted by Gasteiger charge is -2.32. The molecule has 186 valence electrons. The monoisotopic (exact) mass is 471 g/mol. The molecule has 2 fully saturated rings. The van der Waals surface area contributed by atoms with E-state index in [2.05, 4.69) is 81.6 Å². The Morgan fingerprint density at radius 1 is 1.09 bits per heavy atom. The van der Waals surface area contributed by atoms with Crippen molar-refractivity contribution in [3.8, 4) is 6.07 Å². The number of rotatable bonds is 10. The van der Waals surface area contributed by atoms with E-state index in [9.17, 15) is 5.26 Å². The molecule has 1 aromatic carbocycles. The number of likely N-dealkylation sites (tertiary alicyclic amines) is 1. The molecule has 5 heteroatoms. The van der Waals surface area contributed by atoms with Crippen molar-refractivity contribution in [1.29, 1.82) is 5.26 Å². The molecule has 2 aliphatic heterocycles. The van der Waals surface area contributed by atoms with Crippen molar-refractivity contribution in [3.63, 3.8) is 0 Å². The van der Waals surface area contributed by atoms with Crippen LogP contribution in [0.2, 0.25) is 0 Å². The molecule has 3 heterocycles. The topological polar surface area (TPSA) is 55.2 Å². The minimum atomic E-state index is 0.195. The number of aromatic nitrogens is 1. The summed E-state index contributed by atoms with van der Waals surface area (Å²) in [6.07, 6.45) is 12.2. The quantitative estimate of drug-likeness (QED) is 0.495. The second-order valence-corrected chi connectivity index (χ2v) is 10.1. The summed E-state index contributed by atoms with van der Waals surface area (Å²) in [5, 5.41) is 12.9. The van der Waals surface area contributed by atoms with Crippen LogP contribution in [0.3, 0.4) is 0 Å². The number of nitriles is 1. The van der Waals surface area contributed by atoms with E-state index >= 15 is 0 Å². The zero-order chi connectivity index (χ0) is 24.3. The summed E-state index contributed by atoms with van der Waals surface area (Å²) in [6, 6.07) is 17.6. The Morgan fingerprint density at radius 2 is 1.86 bits per heavy atom. The lowest BCUT2D eigenvalue weighted by Crippen LogP contribution is -2.38. The first-order chi connectivity index (χ1) is 17.2. The predicted molar refractivity (Wildman–Crippen MR) is 145 cm³/mol. The number of hydrogen-bond acceptors (Lipinski definition) is 5. The van der Waals surface area contributed by atoms with E-state index in [1.807, 2.05) is 6.20 Å². The first-order valence-electron chi connectivity index (χ1n) is 13.6. The van der Waals surface area contributed by atoms with Gasteiger partial charge < -0.3 is 15.1 Å². The molecule has 0 aliphatic carbocycles. The lowest BCUT2D eigenvalue weighted by molar-refractivity contribution is 0.181. The minimum Gasteiger partial charge on any atom is -0.384 e.